The second-order valence-electron chi connectivity index (χ2n) is 6.36. The lowest BCUT2D eigenvalue weighted by Crippen LogP contribution is -2.19. The predicted molar refractivity (Wildman–Crippen MR) is 121 cm³/mol. The number of hydrogen-bond donors (Lipinski definition) is 3. The summed E-state index contributed by atoms with van der Waals surface area (Å²) in [5.74, 6) is 0. The van der Waals surface area contributed by atoms with Crippen LogP contribution in [-0.2, 0) is 10.0 Å². The fourth-order valence-electron chi connectivity index (χ4n) is 2.96. The highest BCUT2D eigenvalue weighted by molar-refractivity contribution is 7.93. The molecule has 0 fully saturated rings. The minimum absolute atomic E-state index is 0.0479. The summed E-state index contributed by atoms with van der Waals surface area (Å²) in [7, 11) is -3.76. The zero-order valence-electron chi connectivity index (χ0n) is 15.9. The summed E-state index contributed by atoms with van der Waals surface area (Å²) in [6.07, 6.45) is 1.51. The number of rotatable bonds is 5. The van der Waals surface area contributed by atoms with E-state index in [9.17, 15) is 18.5 Å². The topological polar surface area (TPSA) is 124 Å². The molecule has 0 aliphatic rings. The Morgan fingerprint density at radius 1 is 0.968 bits per heavy atom. The van der Waals surface area contributed by atoms with E-state index in [1.165, 1.54) is 41.8 Å². The van der Waals surface area contributed by atoms with Gasteiger partial charge in [0.2, 0.25) is 0 Å². The van der Waals surface area contributed by atoms with Crippen LogP contribution < -0.4 is 15.4 Å². The van der Waals surface area contributed by atoms with E-state index in [-0.39, 0.29) is 10.0 Å². The van der Waals surface area contributed by atoms with Crippen molar-refractivity contribution in [3.05, 3.63) is 77.8 Å². The first-order valence-corrected chi connectivity index (χ1v) is 11.3. The van der Waals surface area contributed by atoms with Crippen molar-refractivity contribution in [2.24, 2.45) is 0 Å². The Balaban J connectivity index is 1.47. The van der Waals surface area contributed by atoms with Crippen LogP contribution in [0.3, 0.4) is 0 Å². The van der Waals surface area contributed by atoms with Crippen molar-refractivity contribution in [1.82, 2.24) is 4.98 Å². The van der Waals surface area contributed by atoms with Crippen LogP contribution in [0.1, 0.15) is 5.56 Å². The van der Waals surface area contributed by atoms with E-state index in [1.54, 1.807) is 17.5 Å². The van der Waals surface area contributed by atoms with E-state index in [2.05, 4.69) is 26.4 Å². The molecule has 4 aromatic rings. The third-order valence-corrected chi connectivity index (χ3v) is 6.54. The lowest BCUT2D eigenvalue weighted by Gasteiger charge is -2.11. The van der Waals surface area contributed by atoms with Gasteiger partial charge in [0.05, 0.1) is 22.2 Å². The van der Waals surface area contributed by atoms with Crippen molar-refractivity contribution in [2.75, 3.05) is 15.4 Å². The Morgan fingerprint density at radius 3 is 2.39 bits per heavy atom. The number of thiazole rings is 1. The summed E-state index contributed by atoms with van der Waals surface area (Å²) in [6.45, 7) is 0. The molecule has 0 radical (unpaired) electrons. The molecule has 0 spiro atoms. The molecule has 0 unspecified atom stereocenters. The summed E-state index contributed by atoms with van der Waals surface area (Å²) < 4.78 is 27.2. The first-order chi connectivity index (χ1) is 15.0. The van der Waals surface area contributed by atoms with Gasteiger partial charge in [-0.15, -0.1) is 11.3 Å². The maximum absolute atomic E-state index is 12.4. The molecule has 0 aliphatic heterocycles. The molecule has 1 heterocycles. The summed E-state index contributed by atoms with van der Waals surface area (Å²) in [4.78, 5) is 16.4. The van der Waals surface area contributed by atoms with Gasteiger partial charge in [-0.25, -0.2) is 18.2 Å². The van der Waals surface area contributed by atoms with Crippen LogP contribution in [0.25, 0.3) is 10.8 Å². The number of nitriles is 1. The zero-order valence-corrected chi connectivity index (χ0v) is 17.5. The van der Waals surface area contributed by atoms with Gasteiger partial charge in [0.15, 0.2) is 5.13 Å². The van der Waals surface area contributed by atoms with E-state index < -0.39 is 16.1 Å². The predicted octanol–water partition coefficient (Wildman–Crippen LogP) is 4.61. The van der Waals surface area contributed by atoms with Crippen LogP contribution >= 0.6 is 11.3 Å². The second kappa shape index (κ2) is 8.43. The molecular formula is C21H15N5O3S2. The summed E-state index contributed by atoms with van der Waals surface area (Å²) in [5.41, 5.74) is 1.49. The zero-order chi connectivity index (χ0) is 21.8. The monoisotopic (exact) mass is 449 g/mol. The first kappa shape index (κ1) is 20.3. The van der Waals surface area contributed by atoms with E-state index >= 15 is 0 Å². The van der Waals surface area contributed by atoms with Crippen molar-refractivity contribution >= 4 is 54.7 Å². The number of urea groups is 1. The Bertz CT molecular complexity index is 1390. The third-order valence-electron chi connectivity index (χ3n) is 4.37. The van der Waals surface area contributed by atoms with Gasteiger partial charge in [0.1, 0.15) is 0 Å². The molecule has 31 heavy (non-hydrogen) atoms. The number of benzene rings is 3. The molecule has 0 saturated heterocycles. The number of nitrogens with zero attached hydrogens (tertiary/aromatic N) is 2. The molecule has 1 aromatic heterocycles. The van der Waals surface area contributed by atoms with E-state index in [1.807, 2.05) is 24.3 Å². The number of anilines is 3. The van der Waals surface area contributed by atoms with E-state index in [0.29, 0.717) is 16.9 Å². The van der Waals surface area contributed by atoms with Crippen molar-refractivity contribution in [3.8, 4) is 6.07 Å². The highest BCUT2D eigenvalue weighted by Crippen LogP contribution is 2.26. The molecule has 0 bridgehead atoms. The molecule has 3 aromatic carbocycles. The molecule has 154 valence electrons. The van der Waals surface area contributed by atoms with Crippen LogP contribution in [0.15, 0.2) is 77.1 Å². The minimum Gasteiger partial charge on any atom is -0.308 e. The number of hydrogen-bond acceptors (Lipinski definition) is 6. The third kappa shape index (κ3) is 4.48. The fourth-order valence-corrected chi connectivity index (χ4v) is 4.74. The average Bonchev–Trinajstić information content (AvgIpc) is 3.26. The Morgan fingerprint density at radius 2 is 1.71 bits per heavy atom. The van der Waals surface area contributed by atoms with Gasteiger partial charge in [0.25, 0.3) is 10.0 Å². The summed E-state index contributed by atoms with van der Waals surface area (Å²) in [5, 5.41) is 18.1. The Kier molecular flexibility index (Phi) is 5.53. The molecule has 0 atom stereocenters. The number of nitrogens with one attached hydrogen (secondary N) is 3. The fraction of sp³-hybridized carbons (Fsp3) is 0. The smallest absolute Gasteiger partial charge is 0.308 e. The van der Waals surface area contributed by atoms with Gasteiger partial charge in [-0.2, -0.15) is 5.26 Å². The van der Waals surface area contributed by atoms with E-state index in [0.717, 1.165) is 10.8 Å². The van der Waals surface area contributed by atoms with Crippen LogP contribution in [0.4, 0.5) is 21.3 Å². The number of carbonyl (C=O) groups is 1. The molecule has 3 N–H and O–H groups in total. The van der Waals surface area contributed by atoms with Gasteiger partial charge in [-0.1, -0.05) is 24.3 Å². The number of sulfonamides is 1. The quantitative estimate of drug-likeness (QED) is 0.410. The molecule has 10 heteroatoms. The van der Waals surface area contributed by atoms with Crippen molar-refractivity contribution in [3.63, 3.8) is 0 Å². The van der Waals surface area contributed by atoms with Gasteiger partial charge in [-0.3, -0.25) is 4.72 Å². The normalized spacial score (nSPS) is 10.9. The summed E-state index contributed by atoms with van der Waals surface area (Å²) in [6, 6.07) is 18.0. The van der Waals surface area contributed by atoms with Crippen molar-refractivity contribution in [2.45, 2.75) is 4.90 Å². The molecule has 0 aliphatic carbocycles. The van der Waals surface area contributed by atoms with Gasteiger partial charge in [-0.05, 0) is 36.4 Å². The number of carbonyl (C=O) groups excluding carboxylic acids is 1. The molecular weight excluding hydrogens is 434 g/mol. The molecule has 0 saturated carbocycles. The Labute approximate surface area is 182 Å². The van der Waals surface area contributed by atoms with Gasteiger partial charge in [0, 0.05) is 28.0 Å². The molecule has 2 amide bonds. The highest BCUT2D eigenvalue weighted by Gasteiger charge is 2.16. The van der Waals surface area contributed by atoms with Crippen molar-refractivity contribution in [1.29, 1.82) is 5.26 Å². The molecule has 8 nitrogen and oxygen atoms in total. The number of aromatic nitrogens is 1. The highest BCUT2D eigenvalue weighted by atomic mass is 32.2. The van der Waals surface area contributed by atoms with Gasteiger partial charge >= 0.3 is 6.03 Å². The van der Waals surface area contributed by atoms with Crippen LogP contribution in [-0.4, -0.2) is 19.4 Å². The number of amides is 2. The van der Waals surface area contributed by atoms with Crippen LogP contribution in [0.2, 0.25) is 0 Å². The summed E-state index contributed by atoms with van der Waals surface area (Å²) >= 11 is 1.18. The van der Waals surface area contributed by atoms with Crippen molar-refractivity contribution < 1.29 is 13.2 Å². The van der Waals surface area contributed by atoms with Crippen LogP contribution in [0.5, 0.6) is 0 Å². The molecule has 4 rings (SSSR count). The first-order valence-electron chi connectivity index (χ1n) is 8.98. The van der Waals surface area contributed by atoms with Gasteiger partial charge < -0.3 is 10.6 Å². The SMILES string of the molecule is N#Cc1ccc(NC(=O)Nc2ccc(S(=O)(=O)Nc3nccs3)cc2)c2ccccc12. The second-order valence-corrected chi connectivity index (χ2v) is 8.94. The maximum Gasteiger partial charge on any atom is 0.323 e. The van der Waals surface area contributed by atoms with E-state index in [4.69, 9.17) is 0 Å². The lowest BCUT2D eigenvalue weighted by atomic mass is 10.0. The number of fused-ring (bicyclic) bond motifs is 1. The van der Waals surface area contributed by atoms with Crippen LogP contribution in [0, 0.1) is 11.3 Å². The average molecular weight is 450 g/mol. The minimum atomic E-state index is -3.76. The Hall–Kier alpha value is -3.94. The largest absolute Gasteiger partial charge is 0.323 e. The maximum atomic E-state index is 12.4. The standard InChI is InChI=1S/C21H15N5O3S2/c22-13-14-5-10-19(18-4-2-1-3-17(14)18)25-20(27)24-15-6-8-16(9-7-15)31(28,29)26-21-23-11-12-30-21/h1-12H,(H,23,26)(H2,24,25,27). The lowest BCUT2D eigenvalue weighted by molar-refractivity contribution is 0.262.